The first kappa shape index (κ1) is 19.3. The lowest BCUT2D eigenvalue weighted by molar-refractivity contribution is 0.0949. The molecule has 0 saturated carbocycles. The average molecular weight is 380 g/mol. The lowest BCUT2D eigenvalue weighted by Crippen LogP contribution is -2.25. The summed E-state index contributed by atoms with van der Waals surface area (Å²) < 4.78 is 15.0. The molecule has 28 heavy (non-hydrogen) atoms. The van der Waals surface area contributed by atoms with Gasteiger partial charge in [0.15, 0.2) is 5.78 Å². The Morgan fingerprint density at radius 3 is 2.54 bits per heavy atom. The third-order valence-corrected chi connectivity index (χ3v) is 4.37. The Hall–Kier alpha value is -3.48. The zero-order chi connectivity index (χ0) is 19.9. The van der Waals surface area contributed by atoms with Gasteiger partial charge in [-0.1, -0.05) is 18.2 Å². The number of hydrogen-bond acceptors (Lipinski definition) is 4. The summed E-state index contributed by atoms with van der Waals surface area (Å²) in [5, 5.41) is 2.85. The summed E-state index contributed by atoms with van der Waals surface area (Å²) >= 11 is 0. The number of ketones is 1. The molecule has 0 saturated heterocycles. The number of halogens is 1. The van der Waals surface area contributed by atoms with Crippen molar-refractivity contribution in [2.24, 2.45) is 0 Å². The van der Waals surface area contributed by atoms with Gasteiger partial charge in [-0.05, 0) is 36.2 Å². The molecule has 1 amide bonds. The molecule has 3 N–H and O–H groups in total. The van der Waals surface area contributed by atoms with Gasteiger partial charge in [0.1, 0.15) is 5.82 Å². The monoisotopic (exact) mass is 380 g/mol. The number of rotatable bonds is 8. The molecule has 6 nitrogen and oxygen atoms in total. The van der Waals surface area contributed by atoms with Crippen LogP contribution in [0, 0.1) is 5.82 Å². The third-order valence-electron chi connectivity index (χ3n) is 4.37. The fraction of sp³-hybridized carbons (Fsp3) is 0.190. The number of nitrogens with zero attached hydrogens (tertiary/aromatic N) is 2. The first-order valence-corrected chi connectivity index (χ1v) is 8.94. The molecule has 0 atom stereocenters. The van der Waals surface area contributed by atoms with Crippen molar-refractivity contribution in [3.8, 4) is 0 Å². The van der Waals surface area contributed by atoms with Gasteiger partial charge in [-0.15, -0.1) is 0 Å². The lowest BCUT2D eigenvalue weighted by Gasteiger charge is -2.08. The summed E-state index contributed by atoms with van der Waals surface area (Å²) in [6.45, 7) is 1.32. The Bertz CT molecular complexity index is 953. The Kier molecular flexibility index (Phi) is 6.16. The van der Waals surface area contributed by atoms with Gasteiger partial charge in [-0.2, -0.15) is 0 Å². The Morgan fingerprint density at radius 1 is 1.11 bits per heavy atom. The SMILES string of the molecule is Nc1cc(F)ccc1CC(=O)c1ccc(C(=O)NCCCn2ccnc2)cc1. The second-order valence-electron chi connectivity index (χ2n) is 6.43. The van der Waals surface area contributed by atoms with E-state index in [9.17, 15) is 14.0 Å². The number of aryl methyl sites for hydroxylation is 1. The zero-order valence-corrected chi connectivity index (χ0v) is 15.3. The Labute approximate surface area is 162 Å². The number of benzene rings is 2. The first-order chi connectivity index (χ1) is 13.5. The Balaban J connectivity index is 1.51. The van der Waals surface area contributed by atoms with E-state index in [1.54, 1.807) is 36.8 Å². The van der Waals surface area contributed by atoms with Crippen LogP contribution >= 0.6 is 0 Å². The summed E-state index contributed by atoms with van der Waals surface area (Å²) in [5.74, 6) is -0.771. The van der Waals surface area contributed by atoms with Gasteiger partial charge < -0.3 is 15.6 Å². The summed E-state index contributed by atoms with van der Waals surface area (Å²) in [6.07, 6.45) is 6.18. The molecule has 144 valence electrons. The number of hydrogen-bond donors (Lipinski definition) is 2. The molecule has 3 rings (SSSR count). The fourth-order valence-electron chi connectivity index (χ4n) is 2.79. The van der Waals surface area contributed by atoms with Gasteiger partial charge in [-0.25, -0.2) is 9.37 Å². The normalized spacial score (nSPS) is 10.6. The second-order valence-corrected chi connectivity index (χ2v) is 6.43. The molecular weight excluding hydrogens is 359 g/mol. The number of amides is 1. The van der Waals surface area contributed by atoms with Gasteiger partial charge in [-0.3, -0.25) is 9.59 Å². The molecule has 7 heteroatoms. The van der Waals surface area contributed by atoms with Crippen LogP contribution in [-0.2, 0) is 13.0 Å². The number of nitrogen functional groups attached to an aromatic ring is 1. The van der Waals surface area contributed by atoms with Crippen molar-refractivity contribution in [2.45, 2.75) is 19.4 Å². The lowest BCUT2D eigenvalue weighted by atomic mass is 10.0. The molecule has 2 aromatic carbocycles. The number of aromatic nitrogens is 2. The van der Waals surface area contributed by atoms with Crippen molar-refractivity contribution in [2.75, 3.05) is 12.3 Å². The van der Waals surface area contributed by atoms with Gasteiger partial charge in [0.05, 0.1) is 6.33 Å². The molecule has 1 heterocycles. The predicted octanol–water partition coefficient (Wildman–Crippen LogP) is 2.85. The number of nitrogens with two attached hydrogens (primary N) is 1. The largest absolute Gasteiger partial charge is 0.398 e. The van der Waals surface area contributed by atoms with E-state index in [-0.39, 0.29) is 23.8 Å². The fourth-order valence-corrected chi connectivity index (χ4v) is 2.79. The van der Waals surface area contributed by atoms with Crippen LogP contribution in [0.4, 0.5) is 10.1 Å². The van der Waals surface area contributed by atoms with Crippen molar-refractivity contribution in [1.82, 2.24) is 14.9 Å². The summed E-state index contributed by atoms with van der Waals surface area (Å²) in [7, 11) is 0. The highest BCUT2D eigenvalue weighted by Gasteiger charge is 2.11. The maximum absolute atomic E-state index is 13.1. The zero-order valence-electron chi connectivity index (χ0n) is 15.3. The van der Waals surface area contributed by atoms with E-state index in [1.807, 2.05) is 10.8 Å². The van der Waals surface area contributed by atoms with Crippen LogP contribution in [-0.4, -0.2) is 27.8 Å². The maximum Gasteiger partial charge on any atom is 0.251 e. The number of imidazole rings is 1. The number of Topliss-reactive ketones (excluding diaryl/α,β-unsaturated/α-hetero) is 1. The Morgan fingerprint density at radius 2 is 1.86 bits per heavy atom. The highest BCUT2D eigenvalue weighted by atomic mass is 19.1. The summed E-state index contributed by atoms with van der Waals surface area (Å²) in [5.41, 5.74) is 7.53. The van der Waals surface area contributed by atoms with E-state index in [0.717, 1.165) is 13.0 Å². The minimum Gasteiger partial charge on any atom is -0.398 e. The smallest absolute Gasteiger partial charge is 0.251 e. The van der Waals surface area contributed by atoms with Crippen LogP contribution in [0.5, 0.6) is 0 Å². The van der Waals surface area contributed by atoms with Gasteiger partial charge in [0.2, 0.25) is 0 Å². The molecular formula is C21H21FN4O2. The molecule has 0 aliphatic carbocycles. The van der Waals surface area contributed by atoms with E-state index < -0.39 is 5.82 Å². The van der Waals surface area contributed by atoms with Crippen molar-refractivity contribution < 1.29 is 14.0 Å². The van der Waals surface area contributed by atoms with Crippen LogP contribution in [0.2, 0.25) is 0 Å². The van der Waals surface area contributed by atoms with Crippen LogP contribution in [0.25, 0.3) is 0 Å². The maximum atomic E-state index is 13.1. The third kappa shape index (κ3) is 5.03. The van der Waals surface area contributed by atoms with E-state index in [4.69, 9.17) is 5.73 Å². The van der Waals surface area contributed by atoms with E-state index >= 15 is 0 Å². The molecule has 3 aromatic rings. The van der Waals surface area contributed by atoms with E-state index in [2.05, 4.69) is 10.3 Å². The molecule has 0 aliphatic rings. The standard InChI is InChI=1S/C21H21FN4O2/c22-18-7-6-17(19(23)13-18)12-20(27)15-2-4-16(5-3-15)21(28)25-8-1-10-26-11-9-24-14-26/h2-7,9,11,13-14H,1,8,10,12,23H2,(H,25,28). The number of anilines is 1. The van der Waals surface area contributed by atoms with Crippen molar-refractivity contribution in [3.63, 3.8) is 0 Å². The topological polar surface area (TPSA) is 90.0 Å². The minimum atomic E-state index is -0.436. The number of carbonyl (C=O) groups is 2. The highest BCUT2D eigenvalue weighted by Crippen LogP contribution is 2.16. The molecule has 0 bridgehead atoms. The van der Waals surface area contributed by atoms with E-state index in [0.29, 0.717) is 23.2 Å². The second kappa shape index (κ2) is 8.94. The van der Waals surface area contributed by atoms with Gasteiger partial charge >= 0.3 is 0 Å². The quantitative estimate of drug-likeness (QED) is 0.357. The van der Waals surface area contributed by atoms with Crippen LogP contribution in [0.15, 0.2) is 61.2 Å². The van der Waals surface area contributed by atoms with E-state index in [1.165, 1.54) is 18.2 Å². The first-order valence-electron chi connectivity index (χ1n) is 8.94. The number of nitrogens with one attached hydrogen (secondary N) is 1. The van der Waals surface area contributed by atoms with Gasteiger partial charge in [0, 0.05) is 48.7 Å². The molecule has 0 radical (unpaired) electrons. The summed E-state index contributed by atoms with van der Waals surface area (Å²) in [6, 6.07) is 10.4. The van der Waals surface area contributed by atoms with Gasteiger partial charge in [0.25, 0.3) is 5.91 Å². The van der Waals surface area contributed by atoms with Crippen molar-refractivity contribution >= 4 is 17.4 Å². The molecule has 0 fully saturated rings. The van der Waals surface area contributed by atoms with Crippen molar-refractivity contribution in [3.05, 3.63) is 83.7 Å². The highest BCUT2D eigenvalue weighted by molar-refractivity contribution is 6.00. The van der Waals surface area contributed by atoms with Crippen LogP contribution in [0.3, 0.4) is 0 Å². The molecule has 0 aliphatic heterocycles. The molecule has 1 aromatic heterocycles. The predicted molar refractivity (Wildman–Crippen MR) is 104 cm³/mol. The van der Waals surface area contributed by atoms with Crippen LogP contribution < -0.4 is 11.1 Å². The summed E-state index contributed by atoms with van der Waals surface area (Å²) in [4.78, 5) is 28.6. The molecule has 0 spiro atoms. The van der Waals surface area contributed by atoms with Crippen molar-refractivity contribution in [1.29, 1.82) is 0 Å². The number of carbonyl (C=O) groups excluding carboxylic acids is 2. The average Bonchev–Trinajstić information content (AvgIpc) is 3.21. The van der Waals surface area contributed by atoms with Crippen LogP contribution in [0.1, 0.15) is 32.7 Å². The minimum absolute atomic E-state index is 0.0753. The molecule has 0 unspecified atom stereocenters.